The number of sulfonamides is 1. The van der Waals surface area contributed by atoms with Crippen LogP contribution >= 0.6 is 0 Å². The van der Waals surface area contributed by atoms with Crippen LogP contribution in [0.4, 0.5) is 0 Å². The van der Waals surface area contributed by atoms with Crippen molar-refractivity contribution in [3.8, 4) is 11.8 Å². The highest BCUT2D eigenvalue weighted by Gasteiger charge is 2.39. The summed E-state index contributed by atoms with van der Waals surface area (Å²) in [5.74, 6) is 0.636. The molecular formula is C14H18N2O3S. The fourth-order valence-electron chi connectivity index (χ4n) is 2.40. The van der Waals surface area contributed by atoms with Crippen LogP contribution in [0.3, 0.4) is 0 Å². The van der Waals surface area contributed by atoms with Gasteiger partial charge in [0.15, 0.2) is 0 Å². The van der Waals surface area contributed by atoms with E-state index in [1.807, 2.05) is 6.07 Å². The smallest absolute Gasteiger partial charge is 0.244 e. The molecule has 0 bridgehead atoms. The third-order valence-corrected chi connectivity index (χ3v) is 5.62. The Morgan fingerprint density at radius 1 is 1.35 bits per heavy atom. The fraction of sp³-hybridized carbons (Fsp3) is 0.500. The highest BCUT2D eigenvalue weighted by molar-refractivity contribution is 7.89. The lowest BCUT2D eigenvalue weighted by Crippen LogP contribution is -2.34. The van der Waals surface area contributed by atoms with Gasteiger partial charge in [0.2, 0.25) is 10.0 Å². The average molecular weight is 294 g/mol. The van der Waals surface area contributed by atoms with E-state index in [2.05, 4.69) is 0 Å². The summed E-state index contributed by atoms with van der Waals surface area (Å²) in [6.07, 6.45) is 1.66. The molecule has 1 aromatic carbocycles. The van der Waals surface area contributed by atoms with E-state index >= 15 is 0 Å². The van der Waals surface area contributed by atoms with Gasteiger partial charge in [0.05, 0.1) is 18.1 Å². The monoisotopic (exact) mass is 294 g/mol. The van der Waals surface area contributed by atoms with Crippen LogP contribution in [0, 0.1) is 25.2 Å². The predicted octanol–water partition coefficient (Wildman–Crippen LogP) is 1.99. The third-order valence-electron chi connectivity index (χ3n) is 3.42. The number of hydrogen-bond acceptors (Lipinski definition) is 4. The van der Waals surface area contributed by atoms with Crippen LogP contribution in [0.1, 0.15) is 24.0 Å². The maximum atomic E-state index is 12.8. The average Bonchev–Trinajstić information content (AvgIpc) is 3.18. The molecule has 0 saturated heterocycles. The molecule has 0 amide bonds. The van der Waals surface area contributed by atoms with Crippen LogP contribution in [0.2, 0.25) is 0 Å². The molecule has 108 valence electrons. The van der Waals surface area contributed by atoms with Crippen molar-refractivity contribution in [1.29, 1.82) is 5.26 Å². The van der Waals surface area contributed by atoms with Gasteiger partial charge in [-0.3, -0.25) is 0 Å². The molecule has 0 heterocycles. The van der Waals surface area contributed by atoms with E-state index in [0.29, 0.717) is 21.8 Å². The van der Waals surface area contributed by atoms with Crippen LogP contribution < -0.4 is 4.74 Å². The molecule has 0 atom stereocenters. The minimum atomic E-state index is -3.63. The van der Waals surface area contributed by atoms with E-state index in [1.165, 1.54) is 4.31 Å². The van der Waals surface area contributed by atoms with Crippen molar-refractivity contribution in [1.82, 2.24) is 4.31 Å². The topological polar surface area (TPSA) is 70.4 Å². The van der Waals surface area contributed by atoms with Gasteiger partial charge in [-0.25, -0.2) is 8.42 Å². The first kappa shape index (κ1) is 14.8. The Bertz CT molecular complexity index is 634. The molecule has 20 heavy (non-hydrogen) atoms. The Morgan fingerprint density at radius 2 is 1.90 bits per heavy atom. The van der Waals surface area contributed by atoms with Crippen molar-refractivity contribution in [2.75, 3.05) is 13.7 Å². The number of aryl methyl sites for hydroxylation is 2. The largest absolute Gasteiger partial charge is 0.497 e. The lowest BCUT2D eigenvalue weighted by molar-refractivity contribution is 0.413. The number of benzene rings is 1. The number of methoxy groups -OCH3 is 1. The number of rotatable bonds is 5. The lowest BCUT2D eigenvalue weighted by atomic mass is 10.1. The van der Waals surface area contributed by atoms with Gasteiger partial charge in [-0.2, -0.15) is 9.57 Å². The summed E-state index contributed by atoms with van der Waals surface area (Å²) in [4.78, 5) is 0.292. The van der Waals surface area contributed by atoms with E-state index in [9.17, 15) is 8.42 Å². The second-order valence-electron chi connectivity index (χ2n) is 5.03. The minimum Gasteiger partial charge on any atom is -0.497 e. The normalized spacial score (nSPS) is 15.2. The molecule has 0 unspecified atom stereocenters. The molecule has 0 N–H and O–H groups in total. The van der Waals surface area contributed by atoms with Crippen molar-refractivity contribution >= 4 is 10.0 Å². The highest BCUT2D eigenvalue weighted by Crippen LogP contribution is 2.35. The molecule has 6 heteroatoms. The maximum absolute atomic E-state index is 12.8. The first-order valence-electron chi connectivity index (χ1n) is 6.46. The van der Waals surface area contributed by atoms with Crippen molar-refractivity contribution in [2.24, 2.45) is 0 Å². The molecule has 1 aromatic rings. The summed E-state index contributed by atoms with van der Waals surface area (Å²) in [6.45, 7) is 3.40. The second-order valence-corrected chi connectivity index (χ2v) is 6.86. The Hall–Kier alpha value is -1.58. The standard InChI is InChI=1S/C14H18N2O3S/c1-10-8-13(19-3)9-11(2)14(10)20(17,18)16(7-6-15)12-4-5-12/h8-9,12H,4-5,7H2,1-3H3. The van der Waals surface area contributed by atoms with Crippen LogP contribution in [0.15, 0.2) is 17.0 Å². The van der Waals surface area contributed by atoms with Gasteiger partial charge in [-0.1, -0.05) is 0 Å². The Balaban J connectivity index is 2.51. The zero-order valence-corrected chi connectivity index (χ0v) is 12.7. The van der Waals surface area contributed by atoms with E-state index in [-0.39, 0.29) is 12.6 Å². The summed E-state index contributed by atoms with van der Waals surface area (Å²) in [6, 6.07) is 5.33. The number of nitriles is 1. The zero-order chi connectivity index (χ0) is 14.9. The Morgan fingerprint density at radius 3 is 2.30 bits per heavy atom. The van der Waals surface area contributed by atoms with Gasteiger partial charge in [-0.05, 0) is 49.9 Å². The molecule has 5 nitrogen and oxygen atoms in total. The van der Waals surface area contributed by atoms with Gasteiger partial charge in [0.25, 0.3) is 0 Å². The Kier molecular flexibility index (Phi) is 4.02. The van der Waals surface area contributed by atoms with Crippen LogP contribution in [0.5, 0.6) is 5.75 Å². The van der Waals surface area contributed by atoms with Crippen molar-refractivity contribution < 1.29 is 13.2 Å². The van der Waals surface area contributed by atoms with Crippen molar-refractivity contribution in [3.05, 3.63) is 23.3 Å². The SMILES string of the molecule is COc1cc(C)c(S(=O)(=O)N(CC#N)C2CC2)c(C)c1. The van der Waals surface area contributed by atoms with Gasteiger partial charge in [0.1, 0.15) is 12.3 Å². The second kappa shape index (κ2) is 5.43. The van der Waals surface area contributed by atoms with E-state index < -0.39 is 10.0 Å². The summed E-state index contributed by atoms with van der Waals surface area (Å²) in [5, 5.41) is 8.87. The van der Waals surface area contributed by atoms with Crippen LogP contribution in [-0.2, 0) is 10.0 Å². The summed E-state index contributed by atoms with van der Waals surface area (Å²) in [7, 11) is -2.08. The number of hydrogen-bond donors (Lipinski definition) is 0. The summed E-state index contributed by atoms with van der Waals surface area (Å²) >= 11 is 0. The molecule has 0 spiro atoms. The molecule has 0 radical (unpaired) electrons. The van der Waals surface area contributed by atoms with Gasteiger partial charge < -0.3 is 4.74 Å². The van der Waals surface area contributed by atoms with E-state index in [1.54, 1.807) is 33.1 Å². The minimum absolute atomic E-state index is 0.0273. The molecule has 1 saturated carbocycles. The third kappa shape index (κ3) is 2.65. The zero-order valence-electron chi connectivity index (χ0n) is 11.9. The molecule has 1 fully saturated rings. The van der Waals surface area contributed by atoms with Gasteiger partial charge in [0, 0.05) is 6.04 Å². The van der Waals surface area contributed by atoms with E-state index in [4.69, 9.17) is 10.00 Å². The predicted molar refractivity (Wildman–Crippen MR) is 75.0 cm³/mol. The van der Waals surface area contributed by atoms with Crippen molar-refractivity contribution in [3.63, 3.8) is 0 Å². The fourth-order valence-corrected chi connectivity index (χ4v) is 4.39. The molecule has 1 aliphatic rings. The first-order chi connectivity index (χ1) is 9.41. The Labute approximate surface area is 119 Å². The van der Waals surface area contributed by atoms with E-state index in [0.717, 1.165) is 12.8 Å². The molecule has 2 rings (SSSR count). The molecule has 0 aliphatic heterocycles. The van der Waals surface area contributed by atoms with Crippen LogP contribution in [0.25, 0.3) is 0 Å². The summed E-state index contributed by atoms with van der Waals surface area (Å²) < 4.78 is 32.0. The number of nitrogens with zero attached hydrogens (tertiary/aromatic N) is 2. The molecule has 0 aromatic heterocycles. The van der Waals surface area contributed by atoms with Gasteiger partial charge >= 0.3 is 0 Å². The lowest BCUT2D eigenvalue weighted by Gasteiger charge is -2.21. The maximum Gasteiger partial charge on any atom is 0.244 e. The molecule has 1 aliphatic carbocycles. The molecular weight excluding hydrogens is 276 g/mol. The first-order valence-corrected chi connectivity index (χ1v) is 7.90. The quantitative estimate of drug-likeness (QED) is 0.779. The summed E-state index contributed by atoms with van der Waals surface area (Å²) in [5.41, 5.74) is 1.29. The number of ether oxygens (including phenoxy) is 1. The van der Waals surface area contributed by atoms with Crippen molar-refractivity contribution in [2.45, 2.75) is 37.6 Å². The van der Waals surface area contributed by atoms with Crippen LogP contribution in [-0.4, -0.2) is 32.4 Å². The highest BCUT2D eigenvalue weighted by atomic mass is 32.2. The van der Waals surface area contributed by atoms with Gasteiger partial charge in [-0.15, -0.1) is 0 Å².